The summed E-state index contributed by atoms with van der Waals surface area (Å²) in [6.45, 7) is 4.53. The van der Waals surface area contributed by atoms with Crippen molar-refractivity contribution in [1.82, 2.24) is 14.9 Å². The van der Waals surface area contributed by atoms with Crippen molar-refractivity contribution in [1.29, 1.82) is 0 Å². The van der Waals surface area contributed by atoms with Crippen LogP contribution in [0.3, 0.4) is 0 Å². The minimum absolute atomic E-state index is 0.112. The van der Waals surface area contributed by atoms with E-state index in [1.165, 1.54) is 0 Å². The van der Waals surface area contributed by atoms with Gasteiger partial charge in [-0.1, -0.05) is 6.92 Å². The predicted octanol–water partition coefficient (Wildman–Crippen LogP) is 0.799. The molecule has 1 amide bonds. The molecule has 21 heavy (non-hydrogen) atoms. The van der Waals surface area contributed by atoms with Crippen molar-refractivity contribution in [2.75, 3.05) is 13.1 Å². The van der Waals surface area contributed by atoms with Crippen molar-refractivity contribution in [2.24, 2.45) is 5.92 Å². The number of amides is 1. The molecule has 2 atom stereocenters. The molecule has 1 saturated heterocycles. The second-order valence-corrected chi connectivity index (χ2v) is 6.27. The van der Waals surface area contributed by atoms with Crippen LogP contribution in [0.4, 0.5) is 0 Å². The lowest BCUT2D eigenvalue weighted by molar-refractivity contribution is 0.0246. The Bertz CT molecular complexity index is 621. The SMILES string of the molecule is Cc1nc(C2CC2)[nH]c(=O)c1C(=O)N1CCC(C)C(O)C1. The first-order valence-corrected chi connectivity index (χ1v) is 7.55. The number of aliphatic hydroxyl groups excluding tert-OH is 1. The summed E-state index contributed by atoms with van der Waals surface area (Å²) < 4.78 is 0. The van der Waals surface area contributed by atoms with Gasteiger partial charge in [0.25, 0.3) is 11.5 Å². The standard InChI is InChI=1S/C15H21N3O3/c1-8-5-6-18(7-11(8)19)15(21)12-9(2)16-13(10-3-4-10)17-14(12)20/h8,10-11,19H,3-7H2,1-2H3,(H,16,17,20). The number of carbonyl (C=O) groups is 1. The van der Waals surface area contributed by atoms with Gasteiger partial charge < -0.3 is 15.0 Å². The highest BCUT2D eigenvalue weighted by Crippen LogP contribution is 2.37. The molecule has 2 heterocycles. The van der Waals surface area contributed by atoms with E-state index in [4.69, 9.17) is 0 Å². The Kier molecular flexibility index (Phi) is 3.57. The largest absolute Gasteiger partial charge is 0.391 e. The van der Waals surface area contributed by atoms with Gasteiger partial charge in [-0.15, -0.1) is 0 Å². The molecule has 1 aliphatic carbocycles. The molecule has 2 aliphatic rings. The average Bonchev–Trinajstić information content (AvgIpc) is 3.25. The van der Waals surface area contributed by atoms with Crippen LogP contribution in [-0.2, 0) is 0 Å². The summed E-state index contributed by atoms with van der Waals surface area (Å²) in [5, 5.41) is 9.91. The van der Waals surface area contributed by atoms with Gasteiger partial charge in [0.05, 0.1) is 11.8 Å². The van der Waals surface area contributed by atoms with E-state index in [9.17, 15) is 14.7 Å². The number of β-amino-alcohol motifs (C(OH)–C–C–N with tert-alkyl or cyclic N) is 1. The smallest absolute Gasteiger partial charge is 0.264 e. The van der Waals surface area contributed by atoms with E-state index in [1.807, 2.05) is 6.92 Å². The highest BCUT2D eigenvalue weighted by atomic mass is 16.3. The maximum atomic E-state index is 12.5. The molecule has 2 N–H and O–H groups in total. The Hall–Kier alpha value is -1.69. The summed E-state index contributed by atoms with van der Waals surface area (Å²) in [5.41, 5.74) is 0.238. The number of aliphatic hydroxyl groups is 1. The first kappa shape index (κ1) is 14.3. The molecule has 0 radical (unpaired) electrons. The number of nitrogens with one attached hydrogen (secondary N) is 1. The zero-order chi connectivity index (χ0) is 15.1. The van der Waals surface area contributed by atoms with Crippen LogP contribution in [0.15, 0.2) is 4.79 Å². The number of carbonyl (C=O) groups excluding carboxylic acids is 1. The van der Waals surface area contributed by atoms with E-state index >= 15 is 0 Å². The maximum absolute atomic E-state index is 12.5. The van der Waals surface area contributed by atoms with Gasteiger partial charge in [-0.25, -0.2) is 4.98 Å². The van der Waals surface area contributed by atoms with Crippen molar-refractivity contribution >= 4 is 5.91 Å². The zero-order valence-electron chi connectivity index (χ0n) is 12.4. The Morgan fingerprint density at radius 2 is 2.10 bits per heavy atom. The molecule has 6 nitrogen and oxygen atoms in total. The molecular formula is C15H21N3O3. The summed E-state index contributed by atoms with van der Waals surface area (Å²) in [5.74, 6) is 0.901. The highest BCUT2D eigenvalue weighted by molar-refractivity contribution is 5.94. The van der Waals surface area contributed by atoms with Crippen LogP contribution in [-0.4, -0.2) is 45.1 Å². The molecule has 0 aromatic carbocycles. The van der Waals surface area contributed by atoms with Gasteiger partial charge in [-0.05, 0) is 32.1 Å². The number of rotatable bonds is 2. The Balaban J connectivity index is 1.86. The highest BCUT2D eigenvalue weighted by Gasteiger charge is 2.32. The minimum atomic E-state index is -0.527. The number of aromatic nitrogens is 2. The van der Waals surface area contributed by atoms with E-state index < -0.39 is 6.10 Å². The summed E-state index contributed by atoms with van der Waals surface area (Å²) in [6, 6.07) is 0. The molecule has 1 aromatic heterocycles. The minimum Gasteiger partial charge on any atom is -0.391 e. The lowest BCUT2D eigenvalue weighted by atomic mass is 9.95. The lowest BCUT2D eigenvalue weighted by Crippen LogP contribution is -2.47. The van der Waals surface area contributed by atoms with Crippen molar-refractivity contribution in [3.05, 3.63) is 27.4 Å². The van der Waals surface area contributed by atoms with Crippen LogP contribution < -0.4 is 5.56 Å². The Morgan fingerprint density at radius 3 is 2.67 bits per heavy atom. The molecule has 2 fully saturated rings. The van der Waals surface area contributed by atoms with Gasteiger partial charge >= 0.3 is 0 Å². The van der Waals surface area contributed by atoms with Crippen molar-refractivity contribution < 1.29 is 9.90 Å². The molecule has 3 rings (SSSR count). The topological polar surface area (TPSA) is 86.3 Å². The third-order valence-electron chi connectivity index (χ3n) is 4.50. The van der Waals surface area contributed by atoms with Gasteiger partial charge in [-0.3, -0.25) is 9.59 Å². The number of aromatic amines is 1. The fraction of sp³-hybridized carbons (Fsp3) is 0.667. The molecule has 114 valence electrons. The molecule has 2 unspecified atom stereocenters. The van der Waals surface area contributed by atoms with Crippen LogP contribution in [0.1, 0.15) is 54.0 Å². The number of nitrogens with zero attached hydrogens (tertiary/aromatic N) is 2. The first-order valence-electron chi connectivity index (χ1n) is 7.55. The second kappa shape index (κ2) is 5.26. The number of likely N-dealkylation sites (tertiary alicyclic amines) is 1. The molecule has 6 heteroatoms. The number of hydrogen-bond donors (Lipinski definition) is 2. The van der Waals surface area contributed by atoms with Crippen LogP contribution in [0, 0.1) is 12.8 Å². The van der Waals surface area contributed by atoms with Crippen LogP contribution >= 0.6 is 0 Å². The van der Waals surface area contributed by atoms with Gasteiger partial charge in [-0.2, -0.15) is 0 Å². The fourth-order valence-corrected chi connectivity index (χ4v) is 2.80. The van der Waals surface area contributed by atoms with Crippen LogP contribution in [0.25, 0.3) is 0 Å². The van der Waals surface area contributed by atoms with E-state index in [0.717, 1.165) is 19.3 Å². The van der Waals surface area contributed by atoms with E-state index in [1.54, 1.807) is 11.8 Å². The van der Waals surface area contributed by atoms with E-state index in [2.05, 4.69) is 9.97 Å². The lowest BCUT2D eigenvalue weighted by Gasteiger charge is -2.34. The van der Waals surface area contributed by atoms with E-state index in [0.29, 0.717) is 24.0 Å². The second-order valence-electron chi connectivity index (χ2n) is 6.27. The van der Waals surface area contributed by atoms with Gasteiger partial charge in [0.15, 0.2) is 0 Å². The predicted molar refractivity (Wildman–Crippen MR) is 77.3 cm³/mol. The van der Waals surface area contributed by atoms with Gasteiger partial charge in [0.1, 0.15) is 11.4 Å². The van der Waals surface area contributed by atoms with Crippen molar-refractivity contribution in [3.63, 3.8) is 0 Å². The summed E-state index contributed by atoms with van der Waals surface area (Å²) in [6.07, 6.45) is 2.32. The van der Waals surface area contributed by atoms with E-state index in [-0.39, 0.29) is 29.5 Å². The Morgan fingerprint density at radius 1 is 1.38 bits per heavy atom. The summed E-state index contributed by atoms with van der Waals surface area (Å²) in [4.78, 5) is 33.4. The molecule has 0 spiro atoms. The van der Waals surface area contributed by atoms with Gasteiger partial charge in [0, 0.05) is 19.0 Å². The van der Waals surface area contributed by atoms with Crippen molar-refractivity contribution in [2.45, 2.75) is 45.1 Å². The average molecular weight is 291 g/mol. The van der Waals surface area contributed by atoms with Crippen LogP contribution in [0.2, 0.25) is 0 Å². The quantitative estimate of drug-likeness (QED) is 0.844. The number of H-pyrrole nitrogens is 1. The molecule has 1 saturated carbocycles. The van der Waals surface area contributed by atoms with Gasteiger partial charge in [0.2, 0.25) is 0 Å². The monoisotopic (exact) mass is 291 g/mol. The first-order chi connectivity index (χ1) is 9.97. The molecule has 1 aromatic rings. The molecule has 1 aliphatic heterocycles. The normalized spacial score (nSPS) is 26.0. The summed E-state index contributed by atoms with van der Waals surface area (Å²) >= 11 is 0. The number of aryl methyl sites for hydroxylation is 1. The van der Waals surface area contributed by atoms with Crippen LogP contribution in [0.5, 0.6) is 0 Å². The number of piperidine rings is 1. The third kappa shape index (κ3) is 2.72. The zero-order valence-corrected chi connectivity index (χ0v) is 12.4. The Labute approximate surface area is 123 Å². The fourth-order valence-electron chi connectivity index (χ4n) is 2.80. The molecular weight excluding hydrogens is 270 g/mol. The molecule has 0 bridgehead atoms. The summed E-state index contributed by atoms with van der Waals surface area (Å²) in [7, 11) is 0. The third-order valence-corrected chi connectivity index (χ3v) is 4.50. The maximum Gasteiger partial charge on any atom is 0.264 e. The van der Waals surface area contributed by atoms with Crippen molar-refractivity contribution in [3.8, 4) is 0 Å². The number of hydrogen-bond acceptors (Lipinski definition) is 4.